The Hall–Kier alpha value is -2.04. The topological polar surface area (TPSA) is 66.8 Å². The Balaban J connectivity index is 1.91. The number of aliphatic carboxylic acids is 1. The lowest BCUT2D eigenvalue weighted by molar-refractivity contribution is -0.142. The average Bonchev–Trinajstić information content (AvgIpc) is 2.46. The first-order chi connectivity index (χ1) is 10.1. The molecule has 114 valence electrons. The number of ether oxygens (including phenoxy) is 1. The van der Waals surface area contributed by atoms with Gasteiger partial charge in [-0.1, -0.05) is 17.7 Å². The van der Waals surface area contributed by atoms with E-state index in [0.717, 1.165) is 24.8 Å². The van der Waals surface area contributed by atoms with Crippen LogP contribution in [0.25, 0.3) is 0 Å². The van der Waals surface area contributed by atoms with Gasteiger partial charge in [0.2, 0.25) is 0 Å². The summed E-state index contributed by atoms with van der Waals surface area (Å²) in [5, 5.41) is 8.93. The van der Waals surface area contributed by atoms with Crippen LogP contribution in [0, 0.1) is 6.92 Å². The van der Waals surface area contributed by atoms with Gasteiger partial charge >= 0.3 is 5.97 Å². The van der Waals surface area contributed by atoms with Crippen molar-refractivity contribution in [1.29, 1.82) is 0 Å². The molecule has 1 aliphatic rings. The number of carbonyl (C=O) groups excluding carboxylic acids is 1. The van der Waals surface area contributed by atoms with Crippen molar-refractivity contribution in [2.75, 3.05) is 13.2 Å². The molecule has 0 aromatic heterocycles. The summed E-state index contributed by atoms with van der Waals surface area (Å²) in [6, 6.07) is 7.30. The van der Waals surface area contributed by atoms with E-state index in [2.05, 4.69) is 0 Å². The van der Waals surface area contributed by atoms with Crippen molar-refractivity contribution < 1.29 is 19.4 Å². The molecular weight excluding hydrogens is 270 g/mol. The van der Waals surface area contributed by atoms with Gasteiger partial charge in [0.15, 0.2) is 6.61 Å². The first-order valence-electron chi connectivity index (χ1n) is 7.27. The molecule has 1 fully saturated rings. The third-order valence-corrected chi connectivity index (χ3v) is 3.74. The van der Waals surface area contributed by atoms with Crippen LogP contribution >= 0.6 is 0 Å². The number of amides is 1. The van der Waals surface area contributed by atoms with E-state index in [1.165, 1.54) is 0 Å². The maximum Gasteiger partial charge on any atom is 0.305 e. The summed E-state index contributed by atoms with van der Waals surface area (Å²) in [5.41, 5.74) is 1.13. The zero-order chi connectivity index (χ0) is 15.2. The normalized spacial score (nSPS) is 18.3. The predicted octanol–water partition coefficient (Wildman–Crippen LogP) is 2.23. The summed E-state index contributed by atoms with van der Waals surface area (Å²) in [5.74, 6) is -0.346. The maximum absolute atomic E-state index is 12.2. The van der Waals surface area contributed by atoms with Crippen LogP contribution in [0.5, 0.6) is 5.75 Å². The number of carbonyl (C=O) groups is 2. The molecule has 0 radical (unpaired) electrons. The van der Waals surface area contributed by atoms with Crippen LogP contribution in [0.15, 0.2) is 24.3 Å². The van der Waals surface area contributed by atoms with Gasteiger partial charge in [-0.05, 0) is 38.3 Å². The number of likely N-dealkylation sites (tertiary alicyclic amines) is 1. The van der Waals surface area contributed by atoms with E-state index >= 15 is 0 Å². The highest BCUT2D eigenvalue weighted by molar-refractivity contribution is 5.79. The quantitative estimate of drug-likeness (QED) is 0.903. The van der Waals surface area contributed by atoms with Gasteiger partial charge in [-0.3, -0.25) is 9.59 Å². The number of hydrogen-bond acceptors (Lipinski definition) is 3. The highest BCUT2D eigenvalue weighted by atomic mass is 16.5. The summed E-state index contributed by atoms with van der Waals surface area (Å²) >= 11 is 0. The van der Waals surface area contributed by atoms with Gasteiger partial charge < -0.3 is 14.7 Å². The Kier molecular flexibility index (Phi) is 5.20. The van der Waals surface area contributed by atoms with Crippen LogP contribution in [0.4, 0.5) is 0 Å². The van der Waals surface area contributed by atoms with Crippen LogP contribution in [0.3, 0.4) is 0 Å². The molecule has 21 heavy (non-hydrogen) atoms. The lowest BCUT2D eigenvalue weighted by Crippen LogP contribution is -2.46. The summed E-state index contributed by atoms with van der Waals surface area (Å²) in [7, 11) is 0. The third kappa shape index (κ3) is 4.48. The van der Waals surface area contributed by atoms with E-state index in [-0.39, 0.29) is 25.0 Å². The molecule has 1 amide bonds. The molecule has 0 bridgehead atoms. The first-order valence-corrected chi connectivity index (χ1v) is 7.27. The minimum Gasteiger partial charge on any atom is -0.484 e. The highest BCUT2D eigenvalue weighted by Gasteiger charge is 2.28. The third-order valence-electron chi connectivity index (χ3n) is 3.74. The Morgan fingerprint density at radius 1 is 1.29 bits per heavy atom. The fraction of sp³-hybridized carbons (Fsp3) is 0.500. The first kappa shape index (κ1) is 15.4. The van der Waals surface area contributed by atoms with Gasteiger partial charge in [-0.25, -0.2) is 0 Å². The molecule has 1 aromatic carbocycles. The van der Waals surface area contributed by atoms with Crippen molar-refractivity contribution >= 4 is 11.9 Å². The molecule has 1 N–H and O–H groups in total. The van der Waals surface area contributed by atoms with Crippen molar-refractivity contribution in [3.8, 4) is 5.75 Å². The standard InChI is InChI=1S/C16H21NO4/c1-12-5-7-14(8-6-12)21-11-15(18)17-9-3-2-4-13(17)10-16(19)20/h5-8,13H,2-4,9-11H2,1H3,(H,19,20). The Morgan fingerprint density at radius 2 is 2.00 bits per heavy atom. The van der Waals surface area contributed by atoms with Crippen molar-refractivity contribution in [3.63, 3.8) is 0 Å². The second kappa shape index (κ2) is 7.11. The maximum atomic E-state index is 12.2. The second-order valence-electron chi connectivity index (χ2n) is 5.44. The smallest absolute Gasteiger partial charge is 0.305 e. The van der Waals surface area contributed by atoms with Crippen molar-refractivity contribution in [2.45, 2.75) is 38.6 Å². The Labute approximate surface area is 124 Å². The Morgan fingerprint density at radius 3 is 2.67 bits per heavy atom. The fourth-order valence-electron chi connectivity index (χ4n) is 2.61. The highest BCUT2D eigenvalue weighted by Crippen LogP contribution is 2.20. The van der Waals surface area contributed by atoms with Gasteiger partial charge in [0, 0.05) is 12.6 Å². The summed E-state index contributed by atoms with van der Waals surface area (Å²) < 4.78 is 5.49. The van der Waals surface area contributed by atoms with Crippen LogP contribution in [0.2, 0.25) is 0 Å². The van der Waals surface area contributed by atoms with Crippen LogP contribution < -0.4 is 4.74 Å². The summed E-state index contributed by atoms with van der Waals surface area (Å²) in [6.45, 7) is 2.56. The molecule has 0 aliphatic carbocycles. The predicted molar refractivity (Wildman–Crippen MR) is 78.3 cm³/mol. The van der Waals surface area contributed by atoms with E-state index in [1.54, 1.807) is 4.90 Å². The zero-order valence-electron chi connectivity index (χ0n) is 12.2. The number of rotatable bonds is 5. The van der Waals surface area contributed by atoms with E-state index in [1.807, 2.05) is 31.2 Å². The Bertz CT molecular complexity index is 498. The minimum atomic E-state index is -0.862. The minimum absolute atomic E-state index is 0.0102. The van der Waals surface area contributed by atoms with E-state index < -0.39 is 5.97 Å². The molecule has 5 heteroatoms. The molecule has 1 unspecified atom stereocenters. The number of nitrogens with zero attached hydrogens (tertiary/aromatic N) is 1. The van der Waals surface area contributed by atoms with Gasteiger partial charge in [0.1, 0.15) is 5.75 Å². The number of carboxylic acids is 1. The number of carboxylic acid groups (broad SMARTS) is 1. The molecule has 0 saturated carbocycles. The van der Waals surface area contributed by atoms with E-state index in [4.69, 9.17) is 9.84 Å². The molecule has 1 aliphatic heterocycles. The van der Waals surface area contributed by atoms with Gasteiger partial charge in [-0.2, -0.15) is 0 Å². The molecule has 1 saturated heterocycles. The van der Waals surface area contributed by atoms with Crippen LogP contribution in [-0.4, -0.2) is 41.1 Å². The number of aryl methyl sites for hydroxylation is 1. The molecule has 1 heterocycles. The van der Waals surface area contributed by atoms with E-state index in [0.29, 0.717) is 12.3 Å². The largest absolute Gasteiger partial charge is 0.484 e. The molecule has 1 atom stereocenters. The van der Waals surface area contributed by atoms with Crippen molar-refractivity contribution in [3.05, 3.63) is 29.8 Å². The van der Waals surface area contributed by atoms with Gasteiger partial charge in [0.25, 0.3) is 5.91 Å². The molecule has 0 spiro atoms. The molecular formula is C16H21NO4. The van der Waals surface area contributed by atoms with Gasteiger partial charge in [0.05, 0.1) is 6.42 Å². The van der Waals surface area contributed by atoms with Crippen molar-refractivity contribution in [1.82, 2.24) is 4.90 Å². The van der Waals surface area contributed by atoms with Crippen molar-refractivity contribution in [2.24, 2.45) is 0 Å². The SMILES string of the molecule is Cc1ccc(OCC(=O)N2CCCCC2CC(=O)O)cc1. The van der Waals surface area contributed by atoms with E-state index in [9.17, 15) is 9.59 Å². The number of benzene rings is 1. The molecule has 1 aromatic rings. The number of piperidine rings is 1. The molecule has 2 rings (SSSR count). The second-order valence-corrected chi connectivity index (χ2v) is 5.44. The summed E-state index contributed by atoms with van der Waals surface area (Å²) in [4.78, 5) is 24.8. The van der Waals surface area contributed by atoms with Crippen LogP contribution in [0.1, 0.15) is 31.2 Å². The fourth-order valence-corrected chi connectivity index (χ4v) is 2.61. The van der Waals surface area contributed by atoms with Gasteiger partial charge in [-0.15, -0.1) is 0 Å². The zero-order valence-corrected chi connectivity index (χ0v) is 12.2. The summed E-state index contributed by atoms with van der Waals surface area (Å²) in [6.07, 6.45) is 2.66. The molecule has 5 nitrogen and oxygen atoms in total. The monoisotopic (exact) mass is 291 g/mol. The van der Waals surface area contributed by atoms with Crippen LogP contribution in [-0.2, 0) is 9.59 Å². The average molecular weight is 291 g/mol. The lowest BCUT2D eigenvalue weighted by atomic mass is 9.99. The lowest BCUT2D eigenvalue weighted by Gasteiger charge is -2.34. The number of hydrogen-bond donors (Lipinski definition) is 1.